The first-order valence-electron chi connectivity index (χ1n) is 9.07. The lowest BCUT2D eigenvalue weighted by Gasteiger charge is -2.07. The van der Waals surface area contributed by atoms with Crippen molar-refractivity contribution in [3.05, 3.63) is 70.8 Å². The van der Waals surface area contributed by atoms with Crippen LogP contribution >= 0.6 is 0 Å². The lowest BCUT2D eigenvalue weighted by Crippen LogP contribution is -2.18. The molecule has 2 aliphatic rings. The first kappa shape index (κ1) is 19.9. The Labute approximate surface area is 166 Å². The van der Waals surface area contributed by atoms with Gasteiger partial charge in [-0.2, -0.15) is 13.5 Å². The molecule has 0 aromatic heterocycles. The number of nitrogens with zero attached hydrogens (tertiary/aromatic N) is 1. The minimum absolute atomic E-state index is 0.0316. The number of nitrogens with one attached hydrogen (secondary N) is 1. The zero-order valence-corrected chi connectivity index (χ0v) is 17.2. The average molecular weight is 397 g/mol. The summed E-state index contributed by atoms with van der Waals surface area (Å²) in [6.45, 7) is 8.05. The minimum Gasteiger partial charge on any atom is -0.507 e. The maximum absolute atomic E-state index is 12.9. The molecule has 1 aromatic carbocycles. The minimum atomic E-state index is -3.86. The molecule has 0 saturated carbocycles. The van der Waals surface area contributed by atoms with Crippen LogP contribution in [0.25, 0.3) is 11.1 Å². The molecular weight excluding hydrogens is 372 g/mol. The van der Waals surface area contributed by atoms with Crippen LogP contribution in [0.5, 0.6) is 5.75 Å². The van der Waals surface area contributed by atoms with Gasteiger partial charge in [-0.15, -0.1) is 0 Å². The van der Waals surface area contributed by atoms with E-state index in [1.807, 2.05) is 26.0 Å². The predicted molar refractivity (Wildman–Crippen MR) is 113 cm³/mol. The van der Waals surface area contributed by atoms with Crippen molar-refractivity contribution in [3.8, 4) is 16.9 Å². The molecular formula is C22H24N2O3S. The van der Waals surface area contributed by atoms with Crippen molar-refractivity contribution in [1.29, 1.82) is 0 Å². The number of benzene rings is 1. The molecule has 0 bridgehead atoms. The van der Waals surface area contributed by atoms with Crippen molar-refractivity contribution in [2.24, 2.45) is 5.10 Å². The second-order valence-corrected chi connectivity index (χ2v) is 8.84. The number of aryl methyl sites for hydroxylation is 2. The number of rotatable bonds is 5. The van der Waals surface area contributed by atoms with Crippen molar-refractivity contribution >= 4 is 16.2 Å². The van der Waals surface area contributed by atoms with Crippen LogP contribution in [0.3, 0.4) is 0 Å². The van der Waals surface area contributed by atoms with Gasteiger partial charge in [0.05, 0.1) is 11.1 Å². The number of phenolic OH excluding ortho intramolecular Hbond substituents is 1. The highest BCUT2D eigenvalue weighted by atomic mass is 32.2. The number of hydrazone groups is 1. The Hall–Kier alpha value is -2.86. The van der Waals surface area contributed by atoms with Crippen LogP contribution in [0.2, 0.25) is 0 Å². The molecule has 0 heterocycles. The highest BCUT2D eigenvalue weighted by Crippen LogP contribution is 2.38. The molecule has 0 atom stereocenters. The summed E-state index contributed by atoms with van der Waals surface area (Å²) in [6, 6.07) is 14.3. The summed E-state index contributed by atoms with van der Waals surface area (Å²) in [4.78, 5) is 2.47. The van der Waals surface area contributed by atoms with E-state index in [1.54, 1.807) is 24.3 Å². The Morgan fingerprint density at radius 3 is 2.43 bits per heavy atom. The molecule has 0 fully saturated rings. The number of fused-ring (bicyclic) bond motifs is 1. The summed E-state index contributed by atoms with van der Waals surface area (Å²) in [5, 5.41) is 13.6. The molecule has 5 nitrogen and oxygen atoms in total. The van der Waals surface area contributed by atoms with E-state index in [1.165, 1.54) is 12.3 Å². The number of para-hydroxylation sites is 1. The van der Waals surface area contributed by atoms with E-state index in [0.717, 1.165) is 22.3 Å². The van der Waals surface area contributed by atoms with Gasteiger partial charge in [0.15, 0.2) is 0 Å². The fraction of sp³-hybridized carbons (Fsp3) is 0.227. The smallest absolute Gasteiger partial charge is 0.277 e. The van der Waals surface area contributed by atoms with Gasteiger partial charge in [-0.05, 0) is 60.2 Å². The van der Waals surface area contributed by atoms with E-state index < -0.39 is 10.0 Å². The summed E-state index contributed by atoms with van der Waals surface area (Å²) in [5.74, 6) is 0.370. The van der Waals surface area contributed by atoms with Gasteiger partial charge >= 0.3 is 0 Å². The van der Waals surface area contributed by atoms with E-state index in [9.17, 15) is 13.5 Å². The maximum Gasteiger partial charge on any atom is 0.277 e. The fourth-order valence-corrected chi connectivity index (χ4v) is 4.33. The number of hydrogen-bond acceptors (Lipinski definition) is 4. The third kappa shape index (κ3) is 3.87. The molecule has 0 saturated heterocycles. The Morgan fingerprint density at radius 1 is 1.04 bits per heavy atom. The van der Waals surface area contributed by atoms with Crippen molar-refractivity contribution in [3.63, 3.8) is 0 Å². The topological polar surface area (TPSA) is 78.8 Å². The Bertz CT molecular complexity index is 1120. The molecule has 28 heavy (non-hydrogen) atoms. The highest BCUT2D eigenvalue weighted by molar-refractivity contribution is 7.89. The summed E-state index contributed by atoms with van der Waals surface area (Å²) in [7, 11) is -3.86. The lowest BCUT2D eigenvalue weighted by atomic mass is 10.0. The van der Waals surface area contributed by atoms with E-state index in [0.29, 0.717) is 17.0 Å². The number of sulfonamides is 1. The van der Waals surface area contributed by atoms with Crippen molar-refractivity contribution in [2.75, 3.05) is 0 Å². The third-order valence-corrected chi connectivity index (χ3v) is 6.04. The van der Waals surface area contributed by atoms with E-state index >= 15 is 0 Å². The van der Waals surface area contributed by atoms with Gasteiger partial charge in [-0.25, -0.2) is 4.83 Å². The summed E-state index contributed by atoms with van der Waals surface area (Å²) >= 11 is 0. The van der Waals surface area contributed by atoms with Gasteiger partial charge in [0, 0.05) is 11.1 Å². The molecule has 146 valence electrons. The molecule has 2 aliphatic carbocycles. The van der Waals surface area contributed by atoms with Crippen LogP contribution in [0.15, 0.2) is 58.5 Å². The molecule has 0 amide bonds. The first-order chi connectivity index (χ1) is 13.2. The average Bonchev–Trinajstić information content (AvgIpc) is 2.86. The Kier molecular flexibility index (Phi) is 5.42. The van der Waals surface area contributed by atoms with Crippen LogP contribution in [0.4, 0.5) is 0 Å². The van der Waals surface area contributed by atoms with Gasteiger partial charge in [0.25, 0.3) is 10.0 Å². The quantitative estimate of drug-likeness (QED) is 0.490. The Balaban J connectivity index is 2.00. The van der Waals surface area contributed by atoms with Crippen LogP contribution in [-0.2, 0) is 10.0 Å². The van der Waals surface area contributed by atoms with Crippen LogP contribution in [0, 0.1) is 13.8 Å². The third-order valence-electron chi connectivity index (χ3n) is 4.79. The molecule has 3 rings (SSSR count). The van der Waals surface area contributed by atoms with E-state index in [4.69, 9.17) is 0 Å². The van der Waals surface area contributed by atoms with Crippen molar-refractivity contribution in [2.45, 2.75) is 38.5 Å². The van der Waals surface area contributed by atoms with Crippen LogP contribution in [-0.4, -0.2) is 19.7 Å². The van der Waals surface area contributed by atoms with E-state index in [-0.39, 0.29) is 10.6 Å². The van der Waals surface area contributed by atoms with Crippen molar-refractivity contribution in [1.82, 2.24) is 4.83 Å². The standard InChI is InChI=1S/C22H24N2O3S/c1-14(2)17-10-9-15(3)22-19(12-17)16(4)11-21(22)28(26,27)24-23-13-18-7-5-6-8-20(18)25/h5-14,24-25H,1-4H3/b23-13-. The van der Waals surface area contributed by atoms with Crippen molar-refractivity contribution < 1.29 is 13.5 Å². The maximum atomic E-state index is 12.9. The van der Waals surface area contributed by atoms with Gasteiger partial charge < -0.3 is 5.11 Å². The summed E-state index contributed by atoms with van der Waals surface area (Å²) in [5.41, 5.74) is 5.01. The Morgan fingerprint density at radius 2 is 1.75 bits per heavy atom. The largest absolute Gasteiger partial charge is 0.507 e. The van der Waals surface area contributed by atoms with Gasteiger partial charge in [0.1, 0.15) is 5.75 Å². The second kappa shape index (κ2) is 7.64. The number of hydrogen-bond donors (Lipinski definition) is 2. The zero-order valence-electron chi connectivity index (χ0n) is 16.4. The summed E-state index contributed by atoms with van der Waals surface area (Å²) in [6.07, 6.45) is 1.29. The fourth-order valence-electron chi connectivity index (χ4n) is 3.17. The molecule has 0 radical (unpaired) electrons. The molecule has 0 unspecified atom stereocenters. The SMILES string of the molecule is Cc1cc(S(=O)(=O)N/N=C\c2ccccc2O)c2c(C)ccc(C(C)C)cc1-2. The van der Waals surface area contributed by atoms with Crippen LogP contribution in [0.1, 0.15) is 42.0 Å². The first-order valence-corrected chi connectivity index (χ1v) is 10.6. The zero-order chi connectivity index (χ0) is 20.5. The second-order valence-electron chi connectivity index (χ2n) is 7.21. The normalized spacial score (nSPS) is 12.2. The predicted octanol–water partition coefficient (Wildman–Crippen LogP) is 4.55. The summed E-state index contributed by atoms with van der Waals surface area (Å²) < 4.78 is 25.8. The van der Waals surface area contributed by atoms with Crippen LogP contribution < -0.4 is 4.83 Å². The highest BCUT2D eigenvalue weighted by Gasteiger charge is 2.25. The molecule has 6 heteroatoms. The molecule has 2 N–H and O–H groups in total. The monoisotopic (exact) mass is 396 g/mol. The molecule has 0 aliphatic heterocycles. The van der Waals surface area contributed by atoms with Gasteiger partial charge in [-0.1, -0.05) is 44.2 Å². The van der Waals surface area contributed by atoms with Gasteiger partial charge in [-0.3, -0.25) is 0 Å². The van der Waals surface area contributed by atoms with Gasteiger partial charge in [0.2, 0.25) is 0 Å². The lowest BCUT2D eigenvalue weighted by molar-refractivity contribution is 0.474. The number of phenols is 1. The van der Waals surface area contributed by atoms with E-state index in [2.05, 4.69) is 29.8 Å². The molecule has 0 spiro atoms. The number of aromatic hydroxyl groups is 1. The molecule has 1 aromatic rings.